The molecule has 1 aliphatic heterocycles. The number of aromatic nitrogens is 3. The molecule has 1 aliphatic carbocycles. The molecule has 1 N–H and O–H groups in total. The lowest BCUT2D eigenvalue weighted by Crippen LogP contribution is -2.35. The second-order valence-corrected chi connectivity index (χ2v) is 5.53. The van der Waals surface area contributed by atoms with Gasteiger partial charge in [-0.05, 0) is 30.9 Å². The fourth-order valence-corrected chi connectivity index (χ4v) is 2.97. The van der Waals surface area contributed by atoms with Gasteiger partial charge in [-0.3, -0.25) is 0 Å². The van der Waals surface area contributed by atoms with Crippen LogP contribution in [-0.4, -0.2) is 28.4 Å². The number of benzene rings is 1. The number of rotatable bonds is 3. The fraction of sp³-hybridized carbons (Fsp3) is 0.467. The molecule has 2 aromatic rings. The fourth-order valence-electron chi connectivity index (χ4n) is 2.97. The summed E-state index contributed by atoms with van der Waals surface area (Å²) in [5, 5.41) is 12.4. The summed E-state index contributed by atoms with van der Waals surface area (Å²) >= 11 is 0. The predicted octanol–water partition coefficient (Wildman–Crippen LogP) is 2.01. The van der Waals surface area contributed by atoms with Crippen molar-refractivity contribution in [2.45, 2.75) is 25.4 Å². The molecule has 0 saturated heterocycles. The summed E-state index contributed by atoms with van der Waals surface area (Å²) in [6.07, 6.45) is 2.61. The molecule has 0 amide bonds. The maximum Gasteiger partial charge on any atom is 0.164 e. The minimum Gasteiger partial charge on any atom is -0.497 e. The van der Waals surface area contributed by atoms with Crippen molar-refractivity contribution in [1.29, 1.82) is 0 Å². The van der Waals surface area contributed by atoms with Crippen LogP contribution < -0.4 is 10.1 Å². The minimum absolute atomic E-state index is 0.385. The van der Waals surface area contributed by atoms with E-state index in [0.29, 0.717) is 6.04 Å². The molecule has 104 valence electrons. The molecular weight excluding hydrogens is 252 g/mol. The number of hydrogen-bond acceptors (Lipinski definition) is 4. The highest BCUT2D eigenvalue weighted by molar-refractivity contribution is 5.58. The zero-order valence-electron chi connectivity index (χ0n) is 11.5. The molecule has 4 rings (SSSR count). The van der Waals surface area contributed by atoms with Gasteiger partial charge in [-0.2, -0.15) is 0 Å². The Kier molecular flexibility index (Phi) is 2.73. The minimum atomic E-state index is 0.385. The Morgan fingerprint density at radius 3 is 3.00 bits per heavy atom. The summed E-state index contributed by atoms with van der Waals surface area (Å²) in [6.45, 7) is 1.92. The normalized spacial score (nSPS) is 21.6. The molecule has 5 nitrogen and oxygen atoms in total. The molecule has 20 heavy (non-hydrogen) atoms. The molecule has 1 atom stereocenters. The first-order valence-electron chi connectivity index (χ1n) is 7.18. The third-order valence-corrected chi connectivity index (χ3v) is 4.18. The molecule has 1 aromatic carbocycles. The van der Waals surface area contributed by atoms with Crippen molar-refractivity contribution in [2.75, 3.05) is 13.7 Å². The van der Waals surface area contributed by atoms with Crippen LogP contribution in [0.5, 0.6) is 5.75 Å². The first kappa shape index (κ1) is 11.9. The van der Waals surface area contributed by atoms with Crippen molar-refractivity contribution < 1.29 is 4.74 Å². The van der Waals surface area contributed by atoms with Gasteiger partial charge in [-0.25, -0.2) is 0 Å². The zero-order chi connectivity index (χ0) is 13.5. The van der Waals surface area contributed by atoms with Crippen molar-refractivity contribution in [3.8, 4) is 17.1 Å². The standard InChI is InChI=1S/C15H18N4O/c1-20-12-4-2-3-11(9-12)14-17-18-15-13(10-5-6-10)16-7-8-19(14)15/h2-4,9-10,13,16H,5-8H2,1H3. The van der Waals surface area contributed by atoms with Gasteiger partial charge >= 0.3 is 0 Å². The molecule has 2 heterocycles. The summed E-state index contributed by atoms with van der Waals surface area (Å²) < 4.78 is 7.55. The van der Waals surface area contributed by atoms with E-state index in [1.54, 1.807) is 7.11 Å². The number of methoxy groups -OCH3 is 1. The van der Waals surface area contributed by atoms with Crippen LogP contribution in [0, 0.1) is 5.92 Å². The third-order valence-electron chi connectivity index (χ3n) is 4.18. The number of fused-ring (bicyclic) bond motifs is 1. The van der Waals surface area contributed by atoms with Gasteiger partial charge in [-0.15, -0.1) is 10.2 Å². The van der Waals surface area contributed by atoms with E-state index >= 15 is 0 Å². The Bertz CT molecular complexity index is 633. The van der Waals surface area contributed by atoms with Gasteiger partial charge in [0.2, 0.25) is 0 Å². The lowest BCUT2D eigenvalue weighted by molar-refractivity contribution is 0.383. The quantitative estimate of drug-likeness (QED) is 0.927. The molecule has 0 bridgehead atoms. The van der Waals surface area contributed by atoms with Crippen LogP contribution in [0.25, 0.3) is 11.4 Å². The van der Waals surface area contributed by atoms with Gasteiger partial charge < -0.3 is 14.6 Å². The van der Waals surface area contributed by atoms with Crippen LogP contribution >= 0.6 is 0 Å². The van der Waals surface area contributed by atoms with Gasteiger partial charge in [0.15, 0.2) is 11.6 Å². The Labute approximate surface area is 118 Å². The Hall–Kier alpha value is -1.88. The maximum absolute atomic E-state index is 5.30. The second kappa shape index (κ2) is 4.59. The summed E-state index contributed by atoms with van der Waals surface area (Å²) in [7, 11) is 1.69. The van der Waals surface area contributed by atoms with Gasteiger partial charge in [-0.1, -0.05) is 12.1 Å². The third kappa shape index (κ3) is 1.89. The Balaban J connectivity index is 1.75. The van der Waals surface area contributed by atoms with Crippen molar-refractivity contribution in [2.24, 2.45) is 5.92 Å². The summed E-state index contributed by atoms with van der Waals surface area (Å²) in [5.41, 5.74) is 1.07. The van der Waals surface area contributed by atoms with E-state index in [1.807, 2.05) is 18.2 Å². The van der Waals surface area contributed by atoms with E-state index in [0.717, 1.165) is 42.0 Å². The van der Waals surface area contributed by atoms with Crippen LogP contribution in [0.2, 0.25) is 0 Å². The van der Waals surface area contributed by atoms with Crippen LogP contribution in [0.3, 0.4) is 0 Å². The summed E-state index contributed by atoms with van der Waals surface area (Å²) in [6, 6.07) is 8.41. The summed E-state index contributed by atoms with van der Waals surface area (Å²) in [4.78, 5) is 0. The number of nitrogens with one attached hydrogen (secondary N) is 1. The number of ether oxygens (including phenoxy) is 1. The topological polar surface area (TPSA) is 52.0 Å². The van der Waals surface area contributed by atoms with E-state index < -0.39 is 0 Å². The Morgan fingerprint density at radius 1 is 1.30 bits per heavy atom. The van der Waals surface area contributed by atoms with Crippen molar-refractivity contribution in [3.63, 3.8) is 0 Å². The average molecular weight is 270 g/mol. The van der Waals surface area contributed by atoms with Gasteiger partial charge in [0.05, 0.1) is 13.2 Å². The van der Waals surface area contributed by atoms with E-state index in [9.17, 15) is 0 Å². The molecule has 2 aliphatic rings. The molecule has 1 saturated carbocycles. The number of hydrogen-bond donors (Lipinski definition) is 1. The van der Waals surface area contributed by atoms with Crippen molar-refractivity contribution in [1.82, 2.24) is 20.1 Å². The van der Waals surface area contributed by atoms with Crippen molar-refractivity contribution >= 4 is 0 Å². The SMILES string of the molecule is COc1cccc(-c2nnc3n2CCNC3C2CC2)c1. The molecule has 1 fully saturated rings. The van der Waals surface area contributed by atoms with Gasteiger partial charge in [0.25, 0.3) is 0 Å². The second-order valence-electron chi connectivity index (χ2n) is 5.53. The van der Waals surface area contributed by atoms with Crippen LogP contribution in [0.15, 0.2) is 24.3 Å². The lowest BCUT2D eigenvalue weighted by Gasteiger charge is -2.25. The van der Waals surface area contributed by atoms with Crippen LogP contribution in [0.4, 0.5) is 0 Å². The summed E-state index contributed by atoms with van der Waals surface area (Å²) in [5.74, 6) is 3.64. The van der Waals surface area contributed by atoms with E-state index in [2.05, 4.69) is 26.1 Å². The number of nitrogens with zero attached hydrogens (tertiary/aromatic N) is 3. The van der Waals surface area contributed by atoms with Crippen molar-refractivity contribution in [3.05, 3.63) is 30.1 Å². The van der Waals surface area contributed by atoms with Crippen LogP contribution in [0.1, 0.15) is 24.7 Å². The molecule has 1 aromatic heterocycles. The average Bonchev–Trinajstić information content (AvgIpc) is 3.25. The highest BCUT2D eigenvalue weighted by Gasteiger charge is 2.37. The first-order chi connectivity index (χ1) is 9.86. The maximum atomic E-state index is 5.30. The van der Waals surface area contributed by atoms with Gasteiger partial charge in [0.1, 0.15) is 5.75 Å². The first-order valence-corrected chi connectivity index (χ1v) is 7.18. The molecule has 0 spiro atoms. The molecule has 5 heteroatoms. The predicted molar refractivity (Wildman–Crippen MR) is 75.5 cm³/mol. The monoisotopic (exact) mass is 270 g/mol. The van der Waals surface area contributed by atoms with Gasteiger partial charge in [0, 0.05) is 18.7 Å². The van der Waals surface area contributed by atoms with E-state index in [-0.39, 0.29) is 0 Å². The lowest BCUT2D eigenvalue weighted by atomic mass is 10.1. The highest BCUT2D eigenvalue weighted by atomic mass is 16.5. The highest BCUT2D eigenvalue weighted by Crippen LogP contribution is 2.42. The smallest absolute Gasteiger partial charge is 0.164 e. The van der Waals surface area contributed by atoms with Crippen LogP contribution in [-0.2, 0) is 6.54 Å². The Morgan fingerprint density at radius 2 is 2.20 bits per heavy atom. The van der Waals surface area contributed by atoms with E-state index in [4.69, 9.17) is 4.74 Å². The van der Waals surface area contributed by atoms with E-state index in [1.165, 1.54) is 12.8 Å². The molecule has 0 radical (unpaired) electrons. The zero-order valence-corrected chi connectivity index (χ0v) is 11.5. The largest absolute Gasteiger partial charge is 0.497 e. The molecular formula is C15H18N4O. The molecule has 1 unspecified atom stereocenters.